The highest BCUT2D eigenvalue weighted by Crippen LogP contribution is 2.38. The number of hydrogen-bond acceptors (Lipinski definition) is 4. The molecular formula is C17H25N3O2. The van der Waals surface area contributed by atoms with Crippen molar-refractivity contribution in [3.05, 3.63) is 23.9 Å². The molecule has 2 atom stereocenters. The molecule has 0 bridgehead atoms. The van der Waals surface area contributed by atoms with Gasteiger partial charge in [0.1, 0.15) is 5.82 Å². The Hall–Kier alpha value is -1.62. The Balaban J connectivity index is 1.75. The van der Waals surface area contributed by atoms with Gasteiger partial charge >= 0.3 is 0 Å². The van der Waals surface area contributed by atoms with E-state index in [9.17, 15) is 4.79 Å². The maximum absolute atomic E-state index is 11.4. The van der Waals surface area contributed by atoms with Gasteiger partial charge in [0.15, 0.2) is 0 Å². The maximum Gasteiger partial charge on any atom is 0.248 e. The molecule has 1 saturated carbocycles. The Morgan fingerprint density at radius 3 is 2.95 bits per heavy atom. The monoisotopic (exact) mass is 303 g/mol. The topological polar surface area (TPSA) is 68.5 Å². The number of nitrogens with two attached hydrogens (primary N) is 1. The molecule has 5 nitrogen and oxygen atoms in total. The van der Waals surface area contributed by atoms with Crippen LogP contribution in [0.5, 0.6) is 0 Å². The second-order valence-electron chi connectivity index (χ2n) is 6.45. The van der Waals surface area contributed by atoms with Crippen molar-refractivity contribution in [1.82, 2.24) is 4.98 Å². The van der Waals surface area contributed by atoms with E-state index in [1.165, 1.54) is 25.7 Å². The molecular weight excluding hydrogens is 278 g/mol. The van der Waals surface area contributed by atoms with Gasteiger partial charge in [0.25, 0.3) is 0 Å². The highest BCUT2D eigenvalue weighted by molar-refractivity contribution is 5.93. The van der Waals surface area contributed by atoms with Gasteiger partial charge in [-0.15, -0.1) is 0 Å². The average Bonchev–Trinajstić information content (AvgIpc) is 3.37. The molecule has 1 aromatic heterocycles. The van der Waals surface area contributed by atoms with Crippen LogP contribution in [0.3, 0.4) is 0 Å². The number of carbonyl (C=O) groups excluding carboxylic acids is 1. The zero-order chi connectivity index (χ0) is 15.5. The predicted molar refractivity (Wildman–Crippen MR) is 85.9 cm³/mol. The number of carbonyl (C=O) groups is 1. The average molecular weight is 303 g/mol. The Morgan fingerprint density at radius 2 is 2.27 bits per heavy atom. The maximum atomic E-state index is 11.4. The van der Waals surface area contributed by atoms with Crippen molar-refractivity contribution in [2.45, 2.75) is 51.2 Å². The number of pyridine rings is 1. The zero-order valence-corrected chi connectivity index (χ0v) is 13.2. The molecule has 0 unspecified atom stereocenters. The van der Waals surface area contributed by atoms with Gasteiger partial charge in [0.2, 0.25) is 5.91 Å². The van der Waals surface area contributed by atoms with Crippen LogP contribution in [0.2, 0.25) is 0 Å². The number of unbranched alkanes of at least 4 members (excludes halogenated alkanes) is 1. The van der Waals surface area contributed by atoms with Crippen LogP contribution in [-0.4, -0.2) is 36.2 Å². The largest absolute Gasteiger partial charge is 0.371 e. The van der Waals surface area contributed by atoms with Crippen molar-refractivity contribution >= 4 is 11.7 Å². The lowest BCUT2D eigenvalue weighted by Gasteiger charge is -2.39. The third kappa shape index (κ3) is 3.58. The van der Waals surface area contributed by atoms with Crippen molar-refractivity contribution in [2.24, 2.45) is 11.7 Å². The lowest BCUT2D eigenvalue weighted by molar-refractivity contribution is -0.0411. The van der Waals surface area contributed by atoms with E-state index in [0.29, 0.717) is 17.6 Å². The minimum atomic E-state index is -0.404. The van der Waals surface area contributed by atoms with Gasteiger partial charge in [-0.3, -0.25) is 4.79 Å². The number of hydrogen-bond donors (Lipinski definition) is 1. The first-order chi connectivity index (χ1) is 10.7. The lowest BCUT2D eigenvalue weighted by Crippen LogP contribution is -2.49. The van der Waals surface area contributed by atoms with E-state index in [-0.39, 0.29) is 6.10 Å². The fraction of sp³-hybridized carbons (Fsp3) is 0.647. The van der Waals surface area contributed by atoms with Crippen molar-refractivity contribution in [2.75, 3.05) is 18.0 Å². The van der Waals surface area contributed by atoms with Gasteiger partial charge in [-0.05, 0) is 37.3 Å². The molecule has 2 N–H and O–H groups in total. The first-order valence-electron chi connectivity index (χ1n) is 8.33. The molecule has 1 aliphatic heterocycles. The van der Waals surface area contributed by atoms with Gasteiger partial charge < -0.3 is 15.4 Å². The van der Waals surface area contributed by atoms with Crippen LogP contribution >= 0.6 is 0 Å². The molecule has 0 spiro atoms. The number of morpholine rings is 1. The van der Waals surface area contributed by atoms with Crippen LogP contribution in [0, 0.1) is 5.92 Å². The third-order valence-corrected chi connectivity index (χ3v) is 4.57. The number of amides is 1. The van der Waals surface area contributed by atoms with E-state index in [1.54, 1.807) is 18.3 Å². The number of rotatable bonds is 6. The molecule has 2 heterocycles. The standard InChI is InChI=1S/C17H25N3O2/c1-2-3-4-14-10-20(11-15(22-14)12-5-6-12)16-9-13(17(18)21)7-8-19-16/h7-9,12,14-15H,2-6,10-11H2,1H3,(H2,18,21)/t14-,15-/m1/s1. The second-order valence-corrected chi connectivity index (χ2v) is 6.45. The number of aromatic nitrogens is 1. The smallest absolute Gasteiger partial charge is 0.248 e. The summed E-state index contributed by atoms with van der Waals surface area (Å²) < 4.78 is 6.28. The molecule has 1 aliphatic carbocycles. The van der Waals surface area contributed by atoms with Crippen LogP contribution < -0.4 is 10.6 Å². The Labute approximate surface area is 131 Å². The van der Waals surface area contributed by atoms with Crippen molar-refractivity contribution in [1.29, 1.82) is 0 Å². The van der Waals surface area contributed by atoms with Crippen LogP contribution in [0.25, 0.3) is 0 Å². The first kappa shape index (κ1) is 15.3. The van der Waals surface area contributed by atoms with Gasteiger partial charge in [-0.2, -0.15) is 0 Å². The summed E-state index contributed by atoms with van der Waals surface area (Å²) in [7, 11) is 0. The molecule has 2 aliphatic rings. The van der Waals surface area contributed by atoms with Crippen molar-refractivity contribution in [3.63, 3.8) is 0 Å². The van der Waals surface area contributed by atoms with Crippen LogP contribution in [0.1, 0.15) is 49.4 Å². The first-order valence-corrected chi connectivity index (χ1v) is 8.33. The minimum absolute atomic E-state index is 0.262. The molecule has 1 aromatic rings. The normalized spacial score (nSPS) is 25.2. The van der Waals surface area contributed by atoms with Crippen LogP contribution in [0.4, 0.5) is 5.82 Å². The van der Waals surface area contributed by atoms with Gasteiger partial charge in [-0.1, -0.05) is 19.8 Å². The van der Waals surface area contributed by atoms with Crippen LogP contribution in [-0.2, 0) is 4.74 Å². The van der Waals surface area contributed by atoms with Gasteiger partial charge in [0, 0.05) is 24.8 Å². The van der Waals surface area contributed by atoms with E-state index in [2.05, 4.69) is 16.8 Å². The molecule has 1 saturated heterocycles. The summed E-state index contributed by atoms with van der Waals surface area (Å²) in [5.74, 6) is 1.14. The Kier molecular flexibility index (Phi) is 4.62. The Morgan fingerprint density at radius 1 is 1.45 bits per heavy atom. The summed E-state index contributed by atoms with van der Waals surface area (Å²) in [5, 5.41) is 0. The summed E-state index contributed by atoms with van der Waals surface area (Å²) in [6.07, 6.45) is 8.23. The molecule has 2 fully saturated rings. The fourth-order valence-electron chi connectivity index (χ4n) is 3.12. The number of primary amides is 1. The third-order valence-electron chi connectivity index (χ3n) is 4.57. The van der Waals surface area contributed by atoms with E-state index in [0.717, 1.165) is 25.3 Å². The Bertz CT molecular complexity index is 530. The van der Waals surface area contributed by atoms with Crippen LogP contribution in [0.15, 0.2) is 18.3 Å². The fourth-order valence-corrected chi connectivity index (χ4v) is 3.12. The second kappa shape index (κ2) is 6.65. The number of anilines is 1. The van der Waals surface area contributed by atoms with E-state index < -0.39 is 5.91 Å². The number of ether oxygens (including phenoxy) is 1. The summed E-state index contributed by atoms with van der Waals surface area (Å²) in [4.78, 5) is 18.1. The van der Waals surface area contributed by atoms with E-state index in [4.69, 9.17) is 10.5 Å². The molecule has 1 amide bonds. The molecule has 5 heteroatoms. The predicted octanol–water partition coefficient (Wildman–Crippen LogP) is 2.35. The highest BCUT2D eigenvalue weighted by atomic mass is 16.5. The van der Waals surface area contributed by atoms with Crippen molar-refractivity contribution in [3.8, 4) is 0 Å². The molecule has 0 aromatic carbocycles. The highest BCUT2D eigenvalue weighted by Gasteiger charge is 2.38. The molecule has 3 rings (SSSR count). The van der Waals surface area contributed by atoms with Gasteiger partial charge in [0.05, 0.1) is 12.2 Å². The number of nitrogens with zero attached hydrogens (tertiary/aromatic N) is 2. The zero-order valence-electron chi connectivity index (χ0n) is 13.2. The van der Waals surface area contributed by atoms with E-state index in [1.807, 2.05) is 0 Å². The lowest BCUT2D eigenvalue weighted by atomic mass is 10.1. The summed E-state index contributed by atoms with van der Waals surface area (Å²) in [6.45, 7) is 3.91. The summed E-state index contributed by atoms with van der Waals surface area (Å²) in [6, 6.07) is 3.47. The quantitative estimate of drug-likeness (QED) is 0.876. The minimum Gasteiger partial charge on any atom is -0.371 e. The van der Waals surface area contributed by atoms with E-state index >= 15 is 0 Å². The molecule has 22 heavy (non-hydrogen) atoms. The summed E-state index contributed by atoms with van der Waals surface area (Å²) in [5.41, 5.74) is 5.90. The van der Waals surface area contributed by atoms with Gasteiger partial charge in [-0.25, -0.2) is 4.98 Å². The van der Waals surface area contributed by atoms with Crippen molar-refractivity contribution < 1.29 is 9.53 Å². The molecule has 120 valence electrons. The SMILES string of the molecule is CCCC[C@@H]1CN(c2cc(C(N)=O)ccn2)C[C@H](C2CC2)O1. The summed E-state index contributed by atoms with van der Waals surface area (Å²) >= 11 is 0. The molecule has 0 radical (unpaired) electrons.